The third-order valence-corrected chi connectivity index (χ3v) is 4.19. The number of benzene rings is 1. The number of hydrogen-bond donors (Lipinski definition) is 2. The first kappa shape index (κ1) is 14.6. The van der Waals surface area contributed by atoms with Gasteiger partial charge in [-0.1, -0.05) is 19.4 Å². The average Bonchev–Trinajstić information content (AvgIpc) is 3.01. The highest BCUT2D eigenvalue weighted by Gasteiger charge is 2.15. The Labute approximate surface area is 124 Å². The predicted octanol–water partition coefficient (Wildman–Crippen LogP) is 4.06. The molecule has 0 spiro atoms. The summed E-state index contributed by atoms with van der Waals surface area (Å²) in [5, 5.41) is 8.22. The molecule has 0 aliphatic rings. The minimum absolute atomic E-state index is 0.0143. The predicted molar refractivity (Wildman–Crippen MR) is 85.4 cm³/mol. The van der Waals surface area contributed by atoms with E-state index in [9.17, 15) is 4.79 Å². The molecular weight excluding hydrogens is 268 g/mol. The molecular formula is C16H20N2OS. The molecule has 20 heavy (non-hydrogen) atoms. The highest BCUT2D eigenvalue weighted by Crippen LogP contribution is 2.23. The minimum atomic E-state index is -0.0143. The van der Waals surface area contributed by atoms with Crippen LogP contribution in [0.3, 0.4) is 0 Å². The summed E-state index contributed by atoms with van der Waals surface area (Å²) in [6.45, 7) is 2.13. The second-order valence-corrected chi connectivity index (χ2v) is 5.64. The van der Waals surface area contributed by atoms with E-state index in [-0.39, 0.29) is 11.9 Å². The fourth-order valence-corrected chi connectivity index (χ4v) is 2.91. The fourth-order valence-electron chi connectivity index (χ4n) is 2.09. The van der Waals surface area contributed by atoms with E-state index in [0.717, 1.165) is 18.5 Å². The number of thiophene rings is 1. The zero-order chi connectivity index (χ0) is 14.4. The van der Waals surface area contributed by atoms with Gasteiger partial charge in [0.1, 0.15) is 0 Å². The Balaban J connectivity index is 2.07. The molecule has 0 bridgehead atoms. The second-order valence-electron chi connectivity index (χ2n) is 4.66. The van der Waals surface area contributed by atoms with Gasteiger partial charge in [-0.3, -0.25) is 4.79 Å². The van der Waals surface area contributed by atoms with Gasteiger partial charge in [-0.25, -0.2) is 0 Å². The lowest BCUT2D eigenvalue weighted by Gasteiger charge is -2.17. The molecule has 4 heteroatoms. The van der Waals surface area contributed by atoms with Gasteiger partial charge >= 0.3 is 0 Å². The van der Waals surface area contributed by atoms with Crippen LogP contribution in [0.1, 0.15) is 41.0 Å². The summed E-state index contributed by atoms with van der Waals surface area (Å²) in [5.41, 5.74) is 1.70. The number of carbonyl (C=O) groups excluding carboxylic acids is 1. The van der Waals surface area contributed by atoms with Crippen molar-refractivity contribution in [2.45, 2.75) is 25.8 Å². The van der Waals surface area contributed by atoms with Crippen LogP contribution in [0.4, 0.5) is 5.69 Å². The highest BCUT2D eigenvalue weighted by atomic mass is 32.1. The molecule has 0 aliphatic heterocycles. The van der Waals surface area contributed by atoms with E-state index < -0.39 is 0 Å². The summed E-state index contributed by atoms with van der Waals surface area (Å²) in [6, 6.07) is 11.7. The highest BCUT2D eigenvalue weighted by molar-refractivity contribution is 7.10. The van der Waals surface area contributed by atoms with Gasteiger partial charge < -0.3 is 10.6 Å². The van der Waals surface area contributed by atoms with Crippen molar-refractivity contribution in [2.24, 2.45) is 0 Å². The first-order valence-corrected chi connectivity index (χ1v) is 7.74. The lowest BCUT2D eigenvalue weighted by molar-refractivity contribution is 0.0935. The van der Waals surface area contributed by atoms with E-state index in [1.807, 2.05) is 42.8 Å². The van der Waals surface area contributed by atoms with Gasteiger partial charge in [0.25, 0.3) is 5.91 Å². The maximum atomic E-state index is 12.3. The minimum Gasteiger partial charge on any atom is -0.388 e. The van der Waals surface area contributed by atoms with Crippen molar-refractivity contribution in [1.82, 2.24) is 5.32 Å². The molecule has 0 saturated heterocycles. The molecule has 2 aromatic rings. The van der Waals surface area contributed by atoms with Crippen LogP contribution in [0, 0.1) is 0 Å². The third kappa shape index (κ3) is 3.61. The van der Waals surface area contributed by atoms with Gasteiger partial charge in [-0.2, -0.15) is 0 Å². The largest absolute Gasteiger partial charge is 0.388 e. The van der Waals surface area contributed by atoms with Gasteiger partial charge in [0.05, 0.1) is 6.04 Å². The Bertz CT molecular complexity index is 534. The van der Waals surface area contributed by atoms with Gasteiger partial charge in [0.2, 0.25) is 0 Å². The first-order chi connectivity index (χ1) is 9.74. The smallest absolute Gasteiger partial charge is 0.251 e. The zero-order valence-corrected chi connectivity index (χ0v) is 12.7. The van der Waals surface area contributed by atoms with E-state index >= 15 is 0 Å². The van der Waals surface area contributed by atoms with Crippen LogP contribution in [-0.4, -0.2) is 13.0 Å². The van der Waals surface area contributed by atoms with Gasteiger partial charge in [-0.15, -0.1) is 11.3 Å². The normalized spacial score (nSPS) is 11.9. The molecule has 0 fully saturated rings. The van der Waals surface area contributed by atoms with Crippen LogP contribution in [0.15, 0.2) is 41.8 Å². The van der Waals surface area contributed by atoms with E-state index in [0.29, 0.717) is 5.56 Å². The van der Waals surface area contributed by atoms with Crippen LogP contribution in [0.2, 0.25) is 0 Å². The quantitative estimate of drug-likeness (QED) is 0.841. The summed E-state index contributed by atoms with van der Waals surface area (Å²) in [7, 11) is 1.86. The molecule has 2 rings (SSSR count). The Morgan fingerprint density at radius 3 is 2.55 bits per heavy atom. The Kier molecular flexibility index (Phi) is 5.18. The Morgan fingerprint density at radius 1 is 1.25 bits per heavy atom. The molecule has 106 valence electrons. The molecule has 2 N–H and O–H groups in total. The van der Waals surface area contributed by atoms with Crippen LogP contribution in [-0.2, 0) is 0 Å². The number of nitrogens with one attached hydrogen (secondary N) is 2. The molecule has 1 amide bonds. The van der Waals surface area contributed by atoms with Crippen LogP contribution < -0.4 is 10.6 Å². The summed E-state index contributed by atoms with van der Waals surface area (Å²) >= 11 is 1.69. The summed E-state index contributed by atoms with van der Waals surface area (Å²) < 4.78 is 0. The van der Waals surface area contributed by atoms with Crippen LogP contribution in [0.5, 0.6) is 0 Å². The molecule has 3 nitrogen and oxygen atoms in total. The van der Waals surface area contributed by atoms with Crippen molar-refractivity contribution in [3.05, 3.63) is 52.2 Å². The molecule has 0 saturated carbocycles. The van der Waals surface area contributed by atoms with E-state index in [1.165, 1.54) is 4.88 Å². The number of amides is 1. The molecule has 1 heterocycles. The summed E-state index contributed by atoms with van der Waals surface area (Å²) in [6.07, 6.45) is 2.00. The molecule has 1 aromatic carbocycles. The van der Waals surface area contributed by atoms with Gasteiger partial charge in [-0.05, 0) is 42.1 Å². The fraction of sp³-hybridized carbons (Fsp3) is 0.312. The van der Waals surface area contributed by atoms with Crippen molar-refractivity contribution in [1.29, 1.82) is 0 Å². The van der Waals surface area contributed by atoms with E-state index in [4.69, 9.17) is 0 Å². The average molecular weight is 288 g/mol. The van der Waals surface area contributed by atoms with Crippen molar-refractivity contribution in [3.63, 3.8) is 0 Å². The lowest BCUT2D eigenvalue weighted by atomic mass is 10.1. The maximum absolute atomic E-state index is 12.3. The van der Waals surface area contributed by atoms with Crippen molar-refractivity contribution >= 4 is 22.9 Å². The van der Waals surface area contributed by atoms with Crippen molar-refractivity contribution in [3.8, 4) is 0 Å². The maximum Gasteiger partial charge on any atom is 0.251 e. The molecule has 1 aromatic heterocycles. The monoisotopic (exact) mass is 288 g/mol. The van der Waals surface area contributed by atoms with Crippen LogP contribution >= 0.6 is 11.3 Å². The standard InChI is InChI=1S/C16H20N2OS/c1-3-5-14(15-6-4-11-20-15)18-16(19)12-7-9-13(17-2)10-8-12/h4,6-11,14,17H,3,5H2,1-2H3,(H,18,19). The molecule has 0 radical (unpaired) electrons. The summed E-state index contributed by atoms with van der Waals surface area (Å²) in [5.74, 6) is -0.0143. The van der Waals surface area contributed by atoms with Crippen molar-refractivity contribution < 1.29 is 4.79 Å². The zero-order valence-electron chi connectivity index (χ0n) is 11.8. The van der Waals surface area contributed by atoms with E-state index in [2.05, 4.69) is 23.6 Å². The van der Waals surface area contributed by atoms with Crippen LogP contribution in [0.25, 0.3) is 0 Å². The number of hydrogen-bond acceptors (Lipinski definition) is 3. The molecule has 1 unspecified atom stereocenters. The number of anilines is 1. The Morgan fingerprint density at radius 2 is 2.00 bits per heavy atom. The number of carbonyl (C=O) groups is 1. The Hall–Kier alpha value is -1.81. The summed E-state index contributed by atoms with van der Waals surface area (Å²) in [4.78, 5) is 13.5. The molecule has 1 atom stereocenters. The van der Waals surface area contributed by atoms with Gasteiger partial charge in [0, 0.05) is 23.2 Å². The number of rotatable bonds is 6. The van der Waals surface area contributed by atoms with Gasteiger partial charge in [0.15, 0.2) is 0 Å². The SMILES string of the molecule is CCCC(NC(=O)c1ccc(NC)cc1)c1cccs1. The second kappa shape index (κ2) is 7.10. The van der Waals surface area contributed by atoms with Crippen molar-refractivity contribution in [2.75, 3.05) is 12.4 Å². The topological polar surface area (TPSA) is 41.1 Å². The first-order valence-electron chi connectivity index (χ1n) is 6.86. The van der Waals surface area contributed by atoms with E-state index in [1.54, 1.807) is 11.3 Å². The lowest BCUT2D eigenvalue weighted by Crippen LogP contribution is -2.27. The third-order valence-electron chi connectivity index (χ3n) is 3.21. The molecule has 0 aliphatic carbocycles.